The molecule has 1 aliphatic heterocycles. The molecule has 7 nitrogen and oxygen atoms in total. The van der Waals surface area contributed by atoms with Gasteiger partial charge in [0.15, 0.2) is 5.82 Å². The fourth-order valence-corrected chi connectivity index (χ4v) is 2.79. The van der Waals surface area contributed by atoms with E-state index in [1.54, 1.807) is 12.7 Å². The van der Waals surface area contributed by atoms with Crippen molar-refractivity contribution in [1.82, 2.24) is 24.7 Å². The second-order valence-electron chi connectivity index (χ2n) is 4.65. The zero-order chi connectivity index (χ0) is 13.9. The van der Waals surface area contributed by atoms with E-state index in [0.29, 0.717) is 6.54 Å². The van der Waals surface area contributed by atoms with Gasteiger partial charge in [0.25, 0.3) is 0 Å². The number of nitrogens with zero attached hydrogens (tertiary/aromatic N) is 6. The number of nitrogens with one attached hydrogen (secondary N) is 1. The van der Waals surface area contributed by atoms with Crippen molar-refractivity contribution in [3.05, 3.63) is 23.0 Å². The van der Waals surface area contributed by atoms with Crippen LogP contribution in [0.5, 0.6) is 0 Å². The van der Waals surface area contributed by atoms with E-state index in [4.69, 9.17) is 0 Å². The first-order valence-electron chi connectivity index (χ1n) is 6.65. The third-order valence-corrected chi connectivity index (χ3v) is 3.98. The largest absolute Gasteiger partial charge is 0.369 e. The zero-order valence-corrected chi connectivity index (χ0v) is 12.8. The summed E-state index contributed by atoms with van der Waals surface area (Å²) in [5.74, 6) is 2.70. The average molecular weight is 338 g/mol. The maximum absolute atomic E-state index is 4.40. The monoisotopic (exact) mass is 337 g/mol. The van der Waals surface area contributed by atoms with Crippen LogP contribution in [0.2, 0.25) is 0 Å². The number of hydrogen-bond donors (Lipinski definition) is 1. The van der Waals surface area contributed by atoms with Crippen LogP contribution in [0.15, 0.2) is 17.1 Å². The number of aromatic nitrogens is 5. The summed E-state index contributed by atoms with van der Waals surface area (Å²) in [5, 5.41) is 11.4. The van der Waals surface area contributed by atoms with Gasteiger partial charge >= 0.3 is 0 Å². The molecule has 0 saturated heterocycles. The molecule has 0 unspecified atom stereocenters. The molecular weight excluding hydrogens is 322 g/mol. The molecule has 0 saturated carbocycles. The third-order valence-electron chi connectivity index (χ3n) is 3.25. The van der Waals surface area contributed by atoms with Crippen LogP contribution in [0.4, 0.5) is 11.6 Å². The van der Waals surface area contributed by atoms with E-state index in [1.807, 2.05) is 0 Å². The molecule has 2 aromatic heterocycles. The molecule has 0 amide bonds. The van der Waals surface area contributed by atoms with Crippen LogP contribution in [0.25, 0.3) is 0 Å². The van der Waals surface area contributed by atoms with Crippen molar-refractivity contribution in [3.63, 3.8) is 0 Å². The number of fused-ring (bicyclic) bond motifs is 1. The molecule has 3 heterocycles. The summed E-state index contributed by atoms with van der Waals surface area (Å²) in [4.78, 5) is 10.9. The van der Waals surface area contributed by atoms with E-state index in [-0.39, 0.29) is 0 Å². The Morgan fingerprint density at radius 2 is 2.25 bits per heavy atom. The highest BCUT2D eigenvalue weighted by atomic mass is 79.9. The Kier molecular flexibility index (Phi) is 3.81. The van der Waals surface area contributed by atoms with Crippen LogP contribution in [-0.2, 0) is 13.1 Å². The van der Waals surface area contributed by atoms with Crippen molar-refractivity contribution in [3.8, 4) is 0 Å². The first-order chi connectivity index (χ1) is 9.79. The molecular formula is C12H16BrN7. The summed E-state index contributed by atoms with van der Waals surface area (Å²) in [7, 11) is 0. The molecule has 8 heteroatoms. The third kappa shape index (κ3) is 2.47. The lowest BCUT2D eigenvalue weighted by molar-refractivity contribution is 0.555. The van der Waals surface area contributed by atoms with Gasteiger partial charge in [0.1, 0.15) is 28.8 Å². The Morgan fingerprint density at radius 3 is 3.10 bits per heavy atom. The van der Waals surface area contributed by atoms with Gasteiger partial charge in [-0.2, -0.15) is 0 Å². The average Bonchev–Trinajstić information content (AvgIpc) is 2.93. The highest BCUT2D eigenvalue weighted by Crippen LogP contribution is 2.31. The quantitative estimate of drug-likeness (QED) is 0.914. The second-order valence-corrected chi connectivity index (χ2v) is 5.44. The Hall–Kier alpha value is -1.70. The summed E-state index contributed by atoms with van der Waals surface area (Å²) in [5.41, 5.74) is 0. The van der Waals surface area contributed by atoms with E-state index in [1.165, 1.54) is 0 Å². The van der Waals surface area contributed by atoms with Crippen molar-refractivity contribution < 1.29 is 0 Å². The lowest BCUT2D eigenvalue weighted by Crippen LogP contribution is -2.34. The molecule has 2 aromatic rings. The second kappa shape index (κ2) is 5.74. The predicted octanol–water partition coefficient (Wildman–Crippen LogP) is 1.67. The molecule has 20 heavy (non-hydrogen) atoms. The minimum Gasteiger partial charge on any atom is -0.369 e. The minimum atomic E-state index is 0.711. The molecule has 1 aliphatic rings. The van der Waals surface area contributed by atoms with Crippen LogP contribution in [0.3, 0.4) is 0 Å². The van der Waals surface area contributed by atoms with E-state index < -0.39 is 0 Å². The van der Waals surface area contributed by atoms with Crippen molar-refractivity contribution in [1.29, 1.82) is 0 Å². The first kappa shape index (κ1) is 13.3. The molecule has 0 aromatic carbocycles. The van der Waals surface area contributed by atoms with E-state index in [2.05, 4.69) is 57.8 Å². The first-order valence-corrected chi connectivity index (χ1v) is 7.45. The molecule has 0 spiro atoms. The Morgan fingerprint density at radius 1 is 1.35 bits per heavy atom. The van der Waals surface area contributed by atoms with E-state index in [9.17, 15) is 0 Å². The Bertz CT molecular complexity index is 597. The molecule has 106 valence electrons. The highest BCUT2D eigenvalue weighted by Gasteiger charge is 2.21. The zero-order valence-electron chi connectivity index (χ0n) is 11.3. The fourth-order valence-electron chi connectivity index (χ4n) is 2.19. The van der Waals surface area contributed by atoms with Crippen LogP contribution in [0.1, 0.15) is 19.2 Å². The minimum absolute atomic E-state index is 0.711. The van der Waals surface area contributed by atoms with Crippen LogP contribution >= 0.6 is 15.9 Å². The Labute approximate surface area is 125 Å². The molecule has 1 N–H and O–H groups in total. The summed E-state index contributed by atoms with van der Waals surface area (Å²) in [6, 6.07) is 0. The number of rotatable bonds is 4. The summed E-state index contributed by atoms with van der Waals surface area (Å²) in [6.45, 7) is 5.48. The van der Waals surface area contributed by atoms with Gasteiger partial charge in [-0.15, -0.1) is 10.2 Å². The molecule has 0 bridgehead atoms. The molecule has 0 radical (unpaired) electrons. The van der Waals surface area contributed by atoms with Crippen molar-refractivity contribution in [2.24, 2.45) is 0 Å². The lowest BCUT2D eigenvalue weighted by Gasteiger charge is -2.28. The SMILES string of the molecule is CCCNc1ncnc(N2CCn3cnnc3C2)c1Br. The van der Waals surface area contributed by atoms with Gasteiger partial charge in [-0.1, -0.05) is 6.92 Å². The van der Waals surface area contributed by atoms with Gasteiger partial charge in [0, 0.05) is 19.6 Å². The lowest BCUT2D eigenvalue weighted by atomic mass is 10.3. The summed E-state index contributed by atoms with van der Waals surface area (Å²) in [6.07, 6.45) is 4.42. The van der Waals surface area contributed by atoms with Gasteiger partial charge in [-0.25, -0.2) is 9.97 Å². The highest BCUT2D eigenvalue weighted by molar-refractivity contribution is 9.10. The molecule has 0 atom stereocenters. The number of hydrogen-bond acceptors (Lipinski definition) is 6. The van der Waals surface area contributed by atoms with Gasteiger partial charge in [-0.05, 0) is 22.4 Å². The Balaban J connectivity index is 1.84. The standard InChI is InChI=1S/C12H16BrN7/c1-2-3-14-11-10(13)12(16-7-15-11)19-4-5-20-8-17-18-9(20)6-19/h7-8H,2-6H2,1H3,(H,14,15,16). The van der Waals surface area contributed by atoms with Crippen LogP contribution in [0, 0.1) is 0 Å². The van der Waals surface area contributed by atoms with Crippen LogP contribution < -0.4 is 10.2 Å². The maximum atomic E-state index is 4.40. The predicted molar refractivity (Wildman–Crippen MR) is 79.6 cm³/mol. The summed E-state index contributed by atoms with van der Waals surface area (Å²) < 4.78 is 2.98. The van der Waals surface area contributed by atoms with Gasteiger partial charge < -0.3 is 14.8 Å². The topological polar surface area (TPSA) is 71.8 Å². The van der Waals surface area contributed by atoms with Crippen molar-refractivity contribution in [2.75, 3.05) is 23.3 Å². The smallest absolute Gasteiger partial charge is 0.152 e. The van der Waals surface area contributed by atoms with Crippen molar-refractivity contribution in [2.45, 2.75) is 26.4 Å². The fraction of sp³-hybridized carbons (Fsp3) is 0.500. The molecule has 0 aliphatic carbocycles. The van der Waals surface area contributed by atoms with Crippen LogP contribution in [-0.4, -0.2) is 37.8 Å². The van der Waals surface area contributed by atoms with Gasteiger partial charge in [-0.3, -0.25) is 0 Å². The maximum Gasteiger partial charge on any atom is 0.152 e. The molecule has 3 rings (SSSR count). The number of anilines is 2. The number of halogens is 1. The van der Waals surface area contributed by atoms with Gasteiger partial charge in [0.05, 0.1) is 6.54 Å². The van der Waals surface area contributed by atoms with E-state index in [0.717, 1.165) is 48.0 Å². The van der Waals surface area contributed by atoms with E-state index >= 15 is 0 Å². The van der Waals surface area contributed by atoms with Gasteiger partial charge in [0.2, 0.25) is 0 Å². The normalized spacial score (nSPS) is 14.2. The van der Waals surface area contributed by atoms with Crippen molar-refractivity contribution >= 4 is 27.6 Å². The summed E-state index contributed by atoms with van der Waals surface area (Å²) >= 11 is 3.61. The molecule has 0 fully saturated rings.